The molecule has 88 valence electrons. The molecule has 0 amide bonds. The molecule has 0 radical (unpaired) electrons. The SMILES string of the molecule is CC1COCCN1Cc1cc(N)cc(F)c1. The average molecular weight is 224 g/mol. The molecule has 0 bridgehead atoms. The Morgan fingerprint density at radius 2 is 2.31 bits per heavy atom. The second-order valence-electron chi connectivity index (χ2n) is 4.29. The molecule has 4 heteroatoms. The van der Waals surface area contributed by atoms with Crippen molar-refractivity contribution in [2.24, 2.45) is 0 Å². The summed E-state index contributed by atoms with van der Waals surface area (Å²) in [5, 5.41) is 0. The van der Waals surface area contributed by atoms with Crippen molar-refractivity contribution in [2.45, 2.75) is 19.5 Å². The predicted octanol–water partition coefficient (Wildman–Crippen LogP) is 1.63. The number of hydrogen-bond donors (Lipinski definition) is 1. The molecule has 0 aliphatic carbocycles. The van der Waals surface area contributed by atoms with E-state index in [1.165, 1.54) is 6.07 Å². The van der Waals surface area contributed by atoms with Crippen molar-refractivity contribution in [2.75, 3.05) is 25.5 Å². The number of nitrogen functional groups attached to an aromatic ring is 1. The van der Waals surface area contributed by atoms with Gasteiger partial charge in [0.25, 0.3) is 0 Å². The second kappa shape index (κ2) is 4.80. The van der Waals surface area contributed by atoms with Crippen LogP contribution in [0.1, 0.15) is 12.5 Å². The van der Waals surface area contributed by atoms with Crippen molar-refractivity contribution in [3.8, 4) is 0 Å². The fraction of sp³-hybridized carbons (Fsp3) is 0.500. The number of halogens is 1. The summed E-state index contributed by atoms with van der Waals surface area (Å²) in [4.78, 5) is 2.28. The molecule has 0 aromatic heterocycles. The zero-order valence-electron chi connectivity index (χ0n) is 9.45. The molecule has 1 saturated heterocycles. The lowest BCUT2D eigenvalue weighted by Crippen LogP contribution is -2.42. The van der Waals surface area contributed by atoms with Gasteiger partial charge in [-0.1, -0.05) is 0 Å². The summed E-state index contributed by atoms with van der Waals surface area (Å²) in [6.45, 7) is 5.21. The van der Waals surface area contributed by atoms with Crippen LogP contribution in [-0.4, -0.2) is 30.7 Å². The Kier molecular flexibility index (Phi) is 3.41. The summed E-state index contributed by atoms with van der Waals surface area (Å²) < 4.78 is 18.5. The van der Waals surface area contributed by atoms with Crippen molar-refractivity contribution in [3.05, 3.63) is 29.6 Å². The number of hydrogen-bond acceptors (Lipinski definition) is 3. The van der Waals surface area contributed by atoms with Crippen LogP contribution < -0.4 is 5.73 Å². The van der Waals surface area contributed by atoms with E-state index in [4.69, 9.17) is 10.5 Å². The van der Waals surface area contributed by atoms with Crippen LogP contribution in [0.2, 0.25) is 0 Å². The number of nitrogens with zero attached hydrogens (tertiary/aromatic N) is 1. The number of nitrogens with two attached hydrogens (primary N) is 1. The highest BCUT2D eigenvalue weighted by Crippen LogP contribution is 2.16. The number of benzene rings is 1. The number of rotatable bonds is 2. The van der Waals surface area contributed by atoms with Gasteiger partial charge in [-0.3, -0.25) is 4.90 Å². The van der Waals surface area contributed by atoms with Gasteiger partial charge >= 0.3 is 0 Å². The first-order valence-corrected chi connectivity index (χ1v) is 5.52. The molecule has 2 N–H and O–H groups in total. The minimum Gasteiger partial charge on any atom is -0.399 e. The first-order chi connectivity index (χ1) is 7.65. The molecule has 0 saturated carbocycles. The van der Waals surface area contributed by atoms with E-state index in [1.54, 1.807) is 6.07 Å². The third-order valence-electron chi connectivity index (χ3n) is 2.87. The van der Waals surface area contributed by atoms with Crippen LogP contribution in [0.25, 0.3) is 0 Å². The van der Waals surface area contributed by atoms with Crippen molar-refractivity contribution >= 4 is 5.69 Å². The Balaban J connectivity index is 2.07. The van der Waals surface area contributed by atoms with Gasteiger partial charge in [0.1, 0.15) is 5.82 Å². The van der Waals surface area contributed by atoms with Crippen LogP contribution in [0.3, 0.4) is 0 Å². The van der Waals surface area contributed by atoms with Gasteiger partial charge in [-0.25, -0.2) is 4.39 Å². The quantitative estimate of drug-likeness (QED) is 0.776. The Morgan fingerprint density at radius 3 is 3.00 bits per heavy atom. The Hall–Kier alpha value is -1.13. The largest absolute Gasteiger partial charge is 0.399 e. The van der Waals surface area contributed by atoms with Crippen molar-refractivity contribution < 1.29 is 9.13 Å². The second-order valence-corrected chi connectivity index (χ2v) is 4.29. The maximum absolute atomic E-state index is 13.2. The third kappa shape index (κ3) is 2.71. The number of morpholine rings is 1. The van der Waals surface area contributed by atoms with Gasteiger partial charge in [0, 0.05) is 24.8 Å². The fourth-order valence-corrected chi connectivity index (χ4v) is 2.00. The molecule has 0 spiro atoms. The van der Waals surface area contributed by atoms with Crippen molar-refractivity contribution in [3.63, 3.8) is 0 Å². The van der Waals surface area contributed by atoms with Crippen LogP contribution in [-0.2, 0) is 11.3 Å². The van der Waals surface area contributed by atoms with Gasteiger partial charge in [0.05, 0.1) is 13.2 Å². The van der Waals surface area contributed by atoms with E-state index >= 15 is 0 Å². The van der Waals surface area contributed by atoms with E-state index in [0.717, 1.165) is 31.9 Å². The van der Waals surface area contributed by atoms with Crippen LogP contribution in [0.4, 0.5) is 10.1 Å². The van der Waals surface area contributed by atoms with Crippen molar-refractivity contribution in [1.82, 2.24) is 4.90 Å². The first-order valence-electron chi connectivity index (χ1n) is 5.52. The molecule has 1 aromatic carbocycles. The van der Waals surface area contributed by atoms with Gasteiger partial charge in [0.15, 0.2) is 0 Å². The standard InChI is InChI=1S/C12H17FN2O/c1-9-8-16-3-2-15(9)7-10-4-11(13)6-12(14)5-10/h4-6,9H,2-3,7-8,14H2,1H3. The minimum atomic E-state index is -0.268. The van der Waals surface area contributed by atoms with E-state index < -0.39 is 0 Å². The van der Waals surface area contributed by atoms with E-state index in [9.17, 15) is 4.39 Å². The maximum atomic E-state index is 13.2. The maximum Gasteiger partial charge on any atom is 0.125 e. The zero-order chi connectivity index (χ0) is 11.5. The minimum absolute atomic E-state index is 0.268. The first kappa shape index (κ1) is 11.4. The number of anilines is 1. The van der Waals surface area contributed by atoms with E-state index in [0.29, 0.717) is 11.7 Å². The van der Waals surface area contributed by atoms with Crippen LogP contribution in [0.15, 0.2) is 18.2 Å². The summed E-state index contributed by atoms with van der Waals surface area (Å²) in [7, 11) is 0. The summed E-state index contributed by atoms with van der Waals surface area (Å²) in [6, 6.07) is 5.08. The van der Waals surface area contributed by atoms with Gasteiger partial charge in [-0.2, -0.15) is 0 Å². The highest BCUT2D eigenvalue weighted by Gasteiger charge is 2.18. The van der Waals surface area contributed by atoms with Gasteiger partial charge in [-0.15, -0.1) is 0 Å². The molecular formula is C12H17FN2O. The highest BCUT2D eigenvalue weighted by atomic mass is 19.1. The number of ether oxygens (including phenoxy) is 1. The summed E-state index contributed by atoms with van der Waals surface area (Å²) >= 11 is 0. The van der Waals surface area contributed by atoms with E-state index in [-0.39, 0.29) is 5.82 Å². The lowest BCUT2D eigenvalue weighted by molar-refractivity contribution is -0.00439. The molecular weight excluding hydrogens is 207 g/mol. The summed E-state index contributed by atoms with van der Waals surface area (Å²) in [5.74, 6) is -0.268. The molecule has 1 fully saturated rings. The Bertz CT molecular complexity index is 350. The molecule has 1 unspecified atom stereocenters. The summed E-state index contributed by atoms with van der Waals surface area (Å²) in [5.41, 5.74) is 7.02. The Labute approximate surface area is 95.0 Å². The normalized spacial score (nSPS) is 22.2. The van der Waals surface area contributed by atoms with Crippen LogP contribution in [0.5, 0.6) is 0 Å². The van der Waals surface area contributed by atoms with Crippen LogP contribution >= 0.6 is 0 Å². The molecule has 1 aromatic rings. The van der Waals surface area contributed by atoms with Gasteiger partial charge in [0.2, 0.25) is 0 Å². The topological polar surface area (TPSA) is 38.5 Å². The van der Waals surface area contributed by atoms with E-state index in [1.807, 2.05) is 6.07 Å². The monoisotopic (exact) mass is 224 g/mol. The third-order valence-corrected chi connectivity index (χ3v) is 2.87. The lowest BCUT2D eigenvalue weighted by atomic mass is 10.1. The summed E-state index contributed by atoms with van der Waals surface area (Å²) in [6.07, 6.45) is 0. The van der Waals surface area contributed by atoms with Crippen LogP contribution in [0, 0.1) is 5.82 Å². The Morgan fingerprint density at radius 1 is 1.50 bits per heavy atom. The van der Waals surface area contributed by atoms with Crippen molar-refractivity contribution in [1.29, 1.82) is 0 Å². The lowest BCUT2D eigenvalue weighted by Gasteiger charge is -2.33. The fourth-order valence-electron chi connectivity index (χ4n) is 2.00. The zero-order valence-corrected chi connectivity index (χ0v) is 9.45. The van der Waals surface area contributed by atoms with E-state index in [2.05, 4.69) is 11.8 Å². The molecule has 16 heavy (non-hydrogen) atoms. The molecule has 1 aliphatic heterocycles. The molecule has 3 nitrogen and oxygen atoms in total. The van der Waals surface area contributed by atoms with Gasteiger partial charge < -0.3 is 10.5 Å². The molecule has 1 heterocycles. The molecule has 2 rings (SSSR count). The highest BCUT2D eigenvalue weighted by molar-refractivity contribution is 5.41. The average Bonchev–Trinajstić information content (AvgIpc) is 2.20. The van der Waals surface area contributed by atoms with Gasteiger partial charge in [-0.05, 0) is 30.7 Å². The molecule has 1 aliphatic rings. The smallest absolute Gasteiger partial charge is 0.125 e. The predicted molar refractivity (Wildman–Crippen MR) is 61.5 cm³/mol. The molecule has 1 atom stereocenters.